The summed E-state index contributed by atoms with van der Waals surface area (Å²) in [5, 5.41) is 0. The minimum Gasteiger partial charge on any atom is -0.312 e. The Morgan fingerprint density at radius 3 is 2.48 bits per heavy atom. The Balaban J connectivity index is 1.97. The zero-order chi connectivity index (χ0) is 19.8. The smallest absolute Gasteiger partial charge is 0.261 e. The minimum absolute atomic E-state index is 0.0243. The van der Waals surface area contributed by atoms with Crippen LogP contribution < -0.4 is 9.62 Å². The standard InChI is InChI=1S/C21H26N2O3S/c1-15(24)23-13-7-8-16-14-17(11-12-20(16)23)27(25,26)22-19-10-6-5-9-18(19)21(2,3)4/h5-6,9-12,14,22H,7-8,13H2,1-4H3. The van der Waals surface area contributed by atoms with E-state index >= 15 is 0 Å². The molecule has 0 aliphatic carbocycles. The molecule has 1 amide bonds. The largest absolute Gasteiger partial charge is 0.312 e. The summed E-state index contributed by atoms with van der Waals surface area (Å²) in [6.45, 7) is 8.36. The minimum atomic E-state index is -3.72. The Hall–Kier alpha value is -2.34. The number of carbonyl (C=O) groups is 1. The number of sulfonamides is 1. The zero-order valence-corrected chi connectivity index (χ0v) is 17.1. The maximum Gasteiger partial charge on any atom is 0.261 e. The Morgan fingerprint density at radius 2 is 1.81 bits per heavy atom. The Morgan fingerprint density at radius 1 is 1.11 bits per heavy atom. The molecule has 144 valence electrons. The third kappa shape index (κ3) is 4.00. The van der Waals surface area contributed by atoms with Crippen molar-refractivity contribution >= 4 is 27.3 Å². The Bertz CT molecular complexity index is 975. The number of para-hydroxylation sites is 1. The quantitative estimate of drug-likeness (QED) is 0.864. The van der Waals surface area contributed by atoms with Gasteiger partial charge in [-0.15, -0.1) is 0 Å². The van der Waals surface area contributed by atoms with E-state index in [1.807, 2.05) is 18.2 Å². The molecule has 27 heavy (non-hydrogen) atoms. The lowest BCUT2D eigenvalue weighted by molar-refractivity contribution is -0.116. The van der Waals surface area contributed by atoms with E-state index in [1.54, 1.807) is 29.2 Å². The van der Waals surface area contributed by atoms with Gasteiger partial charge in [0.15, 0.2) is 0 Å². The lowest BCUT2D eigenvalue weighted by atomic mass is 9.86. The summed E-state index contributed by atoms with van der Waals surface area (Å²) in [6, 6.07) is 12.5. The fourth-order valence-electron chi connectivity index (χ4n) is 3.50. The lowest BCUT2D eigenvalue weighted by Crippen LogP contribution is -2.33. The average Bonchev–Trinajstić information content (AvgIpc) is 2.59. The molecule has 0 atom stereocenters. The zero-order valence-electron chi connectivity index (χ0n) is 16.2. The molecule has 0 bridgehead atoms. The van der Waals surface area contributed by atoms with Crippen LogP contribution in [0, 0.1) is 0 Å². The first-order valence-electron chi connectivity index (χ1n) is 9.13. The number of anilines is 2. The second-order valence-electron chi connectivity index (χ2n) is 7.97. The second kappa shape index (κ2) is 7.00. The van der Waals surface area contributed by atoms with Crippen molar-refractivity contribution in [3.05, 3.63) is 53.6 Å². The molecule has 0 saturated carbocycles. The lowest BCUT2D eigenvalue weighted by Gasteiger charge is -2.29. The van der Waals surface area contributed by atoms with Crippen LogP contribution in [0.15, 0.2) is 47.4 Å². The summed E-state index contributed by atoms with van der Waals surface area (Å²) in [5.74, 6) is -0.0243. The van der Waals surface area contributed by atoms with E-state index in [0.717, 1.165) is 29.7 Å². The van der Waals surface area contributed by atoms with Crippen molar-refractivity contribution in [2.24, 2.45) is 0 Å². The number of carbonyl (C=O) groups excluding carboxylic acids is 1. The highest BCUT2D eigenvalue weighted by Gasteiger charge is 2.25. The summed E-state index contributed by atoms with van der Waals surface area (Å²) in [6.07, 6.45) is 1.59. The number of benzene rings is 2. The van der Waals surface area contributed by atoms with Gasteiger partial charge in [0.1, 0.15) is 0 Å². The first-order valence-corrected chi connectivity index (χ1v) is 10.6. The van der Waals surface area contributed by atoms with E-state index < -0.39 is 10.0 Å². The maximum atomic E-state index is 13.0. The topological polar surface area (TPSA) is 66.5 Å². The molecule has 0 unspecified atom stereocenters. The molecule has 0 radical (unpaired) electrons. The molecular weight excluding hydrogens is 360 g/mol. The van der Waals surface area contributed by atoms with Crippen LogP contribution in [-0.2, 0) is 26.7 Å². The van der Waals surface area contributed by atoms with Gasteiger partial charge in [-0.1, -0.05) is 39.0 Å². The fraction of sp³-hybridized carbons (Fsp3) is 0.381. The molecule has 0 fully saturated rings. The average molecular weight is 387 g/mol. The van der Waals surface area contributed by atoms with Gasteiger partial charge in [-0.2, -0.15) is 0 Å². The molecule has 6 heteroatoms. The predicted molar refractivity (Wildman–Crippen MR) is 109 cm³/mol. The molecule has 1 N–H and O–H groups in total. The summed E-state index contributed by atoms with van der Waals surface area (Å²) >= 11 is 0. The molecule has 0 aromatic heterocycles. The number of hydrogen-bond acceptors (Lipinski definition) is 3. The van der Waals surface area contributed by atoms with Crippen LogP contribution in [0.3, 0.4) is 0 Å². The van der Waals surface area contributed by atoms with Gasteiger partial charge in [0.05, 0.1) is 10.6 Å². The van der Waals surface area contributed by atoms with E-state index in [0.29, 0.717) is 12.2 Å². The van der Waals surface area contributed by atoms with Gasteiger partial charge in [-0.25, -0.2) is 8.42 Å². The van der Waals surface area contributed by atoms with E-state index in [-0.39, 0.29) is 16.2 Å². The number of nitrogens with zero attached hydrogens (tertiary/aromatic N) is 1. The molecule has 0 spiro atoms. The number of nitrogens with one attached hydrogen (secondary N) is 1. The van der Waals surface area contributed by atoms with Crippen molar-refractivity contribution in [3.8, 4) is 0 Å². The normalized spacial score (nSPS) is 14.6. The molecule has 1 heterocycles. The van der Waals surface area contributed by atoms with Crippen molar-refractivity contribution in [2.75, 3.05) is 16.2 Å². The summed E-state index contributed by atoms with van der Waals surface area (Å²) in [5.41, 5.74) is 3.05. The van der Waals surface area contributed by atoms with Crippen LogP contribution >= 0.6 is 0 Å². The van der Waals surface area contributed by atoms with Gasteiger partial charge in [0.2, 0.25) is 5.91 Å². The van der Waals surface area contributed by atoms with E-state index in [2.05, 4.69) is 25.5 Å². The maximum absolute atomic E-state index is 13.0. The number of hydrogen-bond donors (Lipinski definition) is 1. The Kier molecular flexibility index (Phi) is 5.04. The summed E-state index contributed by atoms with van der Waals surface area (Å²) in [4.78, 5) is 13.7. The van der Waals surface area contributed by atoms with Crippen molar-refractivity contribution in [1.29, 1.82) is 0 Å². The molecular formula is C21H26N2O3S. The molecule has 1 aliphatic rings. The molecule has 0 saturated heterocycles. The predicted octanol–water partition coefficient (Wildman–Crippen LogP) is 4.08. The van der Waals surface area contributed by atoms with Gasteiger partial charge in [-0.05, 0) is 53.6 Å². The molecule has 2 aromatic rings. The molecule has 3 rings (SSSR count). The van der Waals surface area contributed by atoms with Crippen LogP contribution in [-0.4, -0.2) is 20.9 Å². The monoisotopic (exact) mass is 386 g/mol. The highest BCUT2D eigenvalue weighted by atomic mass is 32.2. The highest BCUT2D eigenvalue weighted by Crippen LogP contribution is 2.33. The van der Waals surface area contributed by atoms with Gasteiger partial charge >= 0.3 is 0 Å². The summed E-state index contributed by atoms with van der Waals surface area (Å²) in [7, 11) is -3.72. The third-order valence-corrected chi connectivity index (χ3v) is 6.20. The van der Waals surface area contributed by atoms with E-state index in [9.17, 15) is 13.2 Å². The Labute approximate surface area is 161 Å². The van der Waals surface area contributed by atoms with Crippen LogP contribution in [0.1, 0.15) is 45.2 Å². The van der Waals surface area contributed by atoms with Crippen molar-refractivity contribution < 1.29 is 13.2 Å². The summed E-state index contributed by atoms with van der Waals surface area (Å²) < 4.78 is 28.7. The van der Waals surface area contributed by atoms with Gasteiger partial charge < -0.3 is 4.90 Å². The van der Waals surface area contributed by atoms with E-state index in [4.69, 9.17) is 0 Å². The third-order valence-electron chi connectivity index (χ3n) is 4.84. The molecule has 1 aliphatic heterocycles. The first kappa shape index (κ1) is 19.4. The number of amides is 1. The number of fused-ring (bicyclic) bond motifs is 1. The highest BCUT2D eigenvalue weighted by molar-refractivity contribution is 7.92. The van der Waals surface area contributed by atoms with Gasteiger partial charge in [0.25, 0.3) is 10.0 Å². The van der Waals surface area contributed by atoms with Crippen molar-refractivity contribution in [2.45, 2.75) is 50.8 Å². The molecule has 5 nitrogen and oxygen atoms in total. The van der Waals surface area contributed by atoms with Gasteiger partial charge in [-0.3, -0.25) is 9.52 Å². The van der Waals surface area contributed by atoms with Crippen molar-refractivity contribution in [1.82, 2.24) is 0 Å². The SMILES string of the molecule is CC(=O)N1CCCc2cc(S(=O)(=O)Nc3ccccc3C(C)(C)C)ccc21. The number of rotatable bonds is 3. The molecule has 2 aromatic carbocycles. The van der Waals surface area contributed by atoms with Gasteiger partial charge in [0, 0.05) is 19.2 Å². The van der Waals surface area contributed by atoms with E-state index in [1.165, 1.54) is 6.92 Å². The second-order valence-corrected chi connectivity index (χ2v) is 9.65. The first-order chi connectivity index (χ1) is 12.6. The van der Waals surface area contributed by atoms with Crippen LogP contribution in [0.5, 0.6) is 0 Å². The van der Waals surface area contributed by atoms with Crippen LogP contribution in [0.2, 0.25) is 0 Å². The number of aryl methyl sites for hydroxylation is 1. The fourth-order valence-corrected chi connectivity index (χ4v) is 4.63. The van der Waals surface area contributed by atoms with Crippen molar-refractivity contribution in [3.63, 3.8) is 0 Å². The van der Waals surface area contributed by atoms with Crippen LogP contribution in [0.25, 0.3) is 0 Å². The van der Waals surface area contributed by atoms with Crippen LogP contribution in [0.4, 0.5) is 11.4 Å².